The molecule has 1 aliphatic rings. The van der Waals surface area contributed by atoms with Gasteiger partial charge in [-0.2, -0.15) is 5.26 Å². The fraction of sp³-hybridized carbons (Fsp3) is 0.500. The number of hydrogen-bond acceptors (Lipinski definition) is 5. The van der Waals surface area contributed by atoms with Gasteiger partial charge >= 0.3 is 5.97 Å². The first kappa shape index (κ1) is 18.9. The van der Waals surface area contributed by atoms with E-state index in [0.29, 0.717) is 42.8 Å². The highest BCUT2D eigenvalue weighted by atomic mass is 16.6. The zero-order valence-corrected chi connectivity index (χ0v) is 14.9. The molecule has 0 aliphatic carbocycles. The molecular weight excluding hydrogens is 318 g/mol. The van der Waals surface area contributed by atoms with Gasteiger partial charge in [0.05, 0.1) is 6.61 Å². The van der Waals surface area contributed by atoms with Gasteiger partial charge in [0.1, 0.15) is 24.9 Å². The molecule has 134 valence electrons. The molecule has 0 radical (unpaired) electrons. The summed E-state index contributed by atoms with van der Waals surface area (Å²) in [7, 11) is 0. The molecule has 0 N–H and O–H groups in total. The second-order valence-electron chi connectivity index (χ2n) is 6.09. The predicted octanol–water partition coefficient (Wildman–Crippen LogP) is 4.12. The van der Waals surface area contributed by atoms with Crippen LogP contribution in [0.1, 0.15) is 45.1 Å². The number of carbonyl (C=O) groups is 1. The van der Waals surface area contributed by atoms with E-state index in [2.05, 4.69) is 13.8 Å². The van der Waals surface area contributed by atoms with Gasteiger partial charge in [0, 0.05) is 0 Å². The van der Waals surface area contributed by atoms with Crippen LogP contribution in [0.5, 0.6) is 11.5 Å². The number of ether oxygens (including phenoxy) is 3. The topological polar surface area (TPSA) is 68.6 Å². The summed E-state index contributed by atoms with van der Waals surface area (Å²) in [4.78, 5) is 12.2. The Hall–Kier alpha value is -2.48. The Morgan fingerprint density at radius 3 is 2.76 bits per heavy atom. The molecule has 1 unspecified atom stereocenters. The number of nitriles is 1. The zero-order valence-electron chi connectivity index (χ0n) is 14.9. The zero-order chi connectivity index (χ0) is 18.1. The van der Waals surface area contributed by atoms with Crippen molar-refractivity contribution in [2.24, 2.45) is 5.92 Å². The third-order valence-electron chi connectivity index (χ3n) is 4.21. The van der Waals surface area contributed by atoms with Gasteiger partial charge in [-0.15, -0.1) is 0 Å². The van der Waals surface area contributed by atoms with E-state index in [-0.39, 0.29) is 5.57 Å². The van der Waals surface area contributed by atoms with Crippen LogP contribution in [0.2, 0.25) is 0 Å². The summed E-state index contributed by atoms with van der Waals surface area (Å²) in [5.74, 6) is 1.06. The van der Waals surface area contributed by atoms with E-state index < -0.39 is 5.97 Å². The van der Waals surface area contributed by atoms with Gasteiger partial charge in [0.25, 0.3) is 0 Å². The average molecular weight is 343 g/mol. The normalized spacial score (nSPS) is 14.5. The van der Waals surface area contributed by atoms with Crippen molar-refractivity contribution in [2.45, 2.75) is 39.5 Å². The highest BCUT2D eigenvalue weighted by Gasteiger charge is 2.16. The monoisotopic (exact) mass is 343 g/mol. The first-order valence-electron chi connectivity index (χ1n) is 8.86. The van der Waals surface area contributed by atoms with Gasteiger partial charge in [0.15, 0.2) is 11.5 Å². The number of hydrogen-bond donors (Lipinski definition) is 0. The molecule has 5 heteroatoms. The molecule has 2 rings (SSSR count). The molecule has 0 bridgehead atoms. The van der Waals surface area contributed by atoms with Crippen LogP contribution in [0.4, 0.5) is 0 Å². The quantitative estimate of drug-likeness (QED) is 0.403. The minimum atomic E-state index is -0.577. The molecule has 25 heavy (non-hydrogen) atoms. The Balaban J connectivity index is 2.01. The molecule has 0 spiro atoms. The number of carbonyl (C=O) groups excluding carboxylic acids is 1. The van der Waals surface area contributed by atoms with Crippen LogP contribution in [0.25, 0.3) is 6.08 Å². The number of rotatable bonds is 8. The second-order valence-corrected chi connectivity index (χ2v) is 6.09. The summed E-state index contributed by atoms with van der Waals surface area (Å²) < 4.78 is 16.3. The lowest BCUT2D eigenvalue weighted by atomic mass is 10.0. The van der Waals surface area contributed by atoms with E-state index in [1.165, 1.54) is 6.08 Å². The molecular formula is C20H25NO4. The maximum absolute atomic E-state index is 12.2. The largest absolute Gasteiger partial charge is 0.486 e. The third-order valence-corrected chi connectivity index (χ3v) is 4.21. The van der Waals surface area contributed by atoms with Crippen molar-refractivity contribution in [1.29, 1.82) is 5.26 Å². The molecule has 0 fully saturated rings. The number of nitrogens with zero attached hydrogens (tertiary/aromatic N) is 1. The van der Waals surface area contributed by atoms with Crippen LogP contribution < -0.4 is 9.47 Å². The maximum Gasteiger partial charge on any atom is 0.348 e. The lowest BCUT2D eigenvalue weighted by Crippen LogP contribution is -2.15. The van der Waals surface area contributed by atoms with Gasteiger partial charge < -0.3 is 14.2 Å². The number of fused-ring (bicyclic) bond motifs is 1. The summed E-state index contributed by atoms with van der Waals surface area (Å²) >= 11 is 0. The van der Waals surface area contributed by atoms with Crippen LogP contribution in [0.3, 0.4) is 0 Å². The standard InChI is InChI=1S/C20H25NO4/c1-3-5-6-15(4-2)14-25-20(22)17(13-21)11-16-7-8-18-19(12-16)24-10-9-23-18/h7-8,11-12,15H,3-6,9-10,14H2,1-2H3. The molecule has 5 nitrogen and oxygen atoms in total. The van der Waals surface area contributed by atoms with E-state index in [9.17, 15) is 10.1 Å². The van der Waals surface area contributed by atoms with E-state index in [1.807, 2.05) is 6.07 Å². The Morgan fingerprint density at radius 2 is 2.08 bits per heavy atom. The van der Waals surface area contributed by atoms with Crippen molar-refractivity contribution in [3.8, 4) is 17.6 Å². The minimum absolute atomic E-state index is 0.0120. The van der Waals surface area contributed by atoms with E-state index in [4.69, 9.17) is 14.2 Å². The van der Waals surface area contributed by atoms with Gasteiger partial charge in [-0.1, -0.05) is 39.2 Å². The molecule has 0 amide bonds. The van der Waals surface area contributed by atoms with E-state index >= 15 is 0 Å². The highest BCUT2D eigenvalue weighted by molar-refractivity contribution is 5.97. The van der Waals surface area contributed by atoms with Crippen LogP contribution in [-0.2, 0) is 9.53 Å². The Morgan fingerprint density at radius 1 is 1.32 bits per heavy atom. The molecule has 1 aromatic rings. The van der Waals surface area contributed by atoms with Gasteiger partial charge in [-0.3, -0.25) is 0 Å². The summed E-state index contributed by atoms with van der Waals surface area (Å²) in [5.41, 5.74) is 0.692. The second kappa shape index (κ2) is 9.73. The van der Waals surface area contributed by atoms with Crippen molar-refractivity contribution in [2.75, 3.05) is 19.8 Å². The van der Waals surface area contributed by atoms with Crippen molar-refractivity contribution >= 4 is 12.0 Å². The SMILES string of the molecule is CCCCC(CC)COC(=O)C(C#N)=Cc1ccc2c(c1)OCCO2. The summed E-state index contributed by atoms with van der Waals surface area (Å²) in [6.45, 7) is 5.60. The molecule has 0 aromatic heterocycles. The molecule has 1 aromatic carbocycles. The Kier molecular flexibility index (Phi) is 7.34. The lowest BCUT2D eigenvalue weighted by Gasteiger charge is -2.18. The Labute approximate surface area is 149 Å². The maximum atomic E-state index is 12.2. The average Bonchev–Trinajstić information content (AvgIpc) is 2.65. The van der Waals surface area contributed by atoms with Crippen molar-refractivity contribution in [1.82, 2.24) is 0 Å². The van der Waals surface area contributed by atoms with Crippen molar-refractivity contribution in [3.05, 3.63) is 29.3 Å². The predicted molar refractivity (Wildman–Crippen MR) is 95.3 cm³/mol. The fourth-order valence-electron chi connectivity index (χ4n) is 2.62. The van der Waals surface area contributed by atoms with Crippen LogP contribution in [0, 0.1) is 17.2 Å². The molecule has 0 saturated heterocycles. The van der Waals surface area contributed by atoms with E-state index in [0.717, 1.165) is 25.7 Å². The van der Waals surface area contributed by atoms with Gasteiger partial charge in [0.2, 0.25) is 0 Å². The molecule has 1 atom stereocenters. The van der Waals surface area contributed by atoms with Crippen molar-refractivity contribution in [3.63, 3.8) is 0 Å². The summed E-state index contributed by atoms with van der Waals surface area (Å²) in [5, 5.41) is 9.28. The smallest absolute Gasteiger partial charge is 0.348 e. The van der Waals surface area contributed by atoms with Crippen LogP contribution in [0.15, 0.2) is 23.8 Å². The first-order valence-corrected chi connectivity index (χ1v) is 8.86. The molecule has 1 heterocycles. The summed E-state index contributed by atoms with van der Waals surface area (Å²) in [6.07, 6.45) is 5.76. The Bertz CT molecular complexity index is 660. The van der Waals surface area contributed by atoms with Gasteiger partial charge in [-0.25, -0.2) is 4.79 Å². The third kappa shape index (κ3) is 5.53. The highest BCUT2D eigenvalue weighted by Crippen LogP contribution is 2.31. The number of esters is 1. The van der Waals surface area contributed by atoms with Gasteiger partial charge in [-0.05, 0) is 36.1 Å². The van der Waals surface area contributed by atoms with E-state index in [1.54, 1.807) is 18.2 Å². The first-order chi connectivity index (χ1) is 12.2. The van der Waals surface area contributed by atoms with Crippen molar-refractivity contribution < 1.29 is 19.0 Å². The number of unbranched alkanes of at least 4 members (excludes halogenated alkanes) is 1. The minimum Gasteiger partial charge on any atom is -0.486 e. The molecule has 1 aliphatic heterocycles. The number of benzene rings is 1. The summed E-state index contributed by atoms with van der Waals surface area (Å²) in [6, 6.07) is 7.25. The fourth-order valence-corrected chi connectivity index (χ4v) is 2.62. The molecule has 0 saturated carbocycles. The van der Waals surface area contributed by atoms with Crippen LogP contribution >= 0.6 is 0 Å². The van der Waals surface area contributed by atoms with Crippen LogP contribution in [-0.4, -0.2) is 25.8 Å². The lowest BCUT2D eigenvalue weighted by molar-refractivity contribution is -0.139.